The average Bonchev–Trinajstić information content (AvgIpc) is 2.93. The fourth-order valence-electron chi connectivity index (χ4n) is 3.08. The second-order valence-electron chi connectivity index (χ2n) is 6.33. The quantitative estimate of drug-likeness (QED) is 0.704. The highest BCUT2D eigenvalue weighted by atomic mass is 79.9. The van der Waals surface area contributed by atoms with Crippen LogP contribution in [0.15, 0.2) is 46.9 Å². The van der Waals surface area contributed by atoms with Crippen LogP contribution >= 0.6 is 27.5 Å². The summed E-state index contributed by atoms with van der Waals surface area (Å²) in [6.45, 7) is 1.52. The Bertz CT molecular complexity index is 817. The summed E-state index contributed by atoms with van der Waals surface area (Å²) >= 11 is 9.49. The molecule has 2 aromatic carbocycles. The second kappa shape index (κ2) is 8.69. The fourth-order valence-corrected chi connectivity index (χ4v) is 3.65. The van der Waals surface area contributed by atoms with E-state index >= 15 is 0 Å². The summed E-state index contributed by atoms with van der Waals surface area (Å²) in [6, 6.07) is 12.2. The van der Waals surface area contributed by atoms with Gasteiger partial charge in [-0.25, -0.2) is 0 Å². The van der Waals surface area contributed by atoms with Crippen LogP contribution in [0, 0.1) is 0 Å². The number of rotatable bonds is 3. The van der Waals surface area contributed by atoms with Crippen molar-refractivity contribution in [3.63, 3.8) is 0 Å². The molecule has 6 heteroatoms. The highest BCUT2D eigenvalue weighted by Crippen LogP contribution is 2.24. The number of anilines is 1. The van der Waals surface area contributed by atoms with Gasteiger partial charge in [0.25, 0.3) is 11.8 Å². The van der Waals surface area contributed by atoms with Gasteiger partial charge in [0.05, 0.1) is 21.8 Å². The lowest BCUT2D eigenvalue weighted by Gasteiger charge is -2.22. The van der Waals surface area contributed by atoms with Crippen LogP contribution in [0.2, 0.25) is 5.02 Å². The topological polar surface area (TPSA) is 49.4 Å². The molecule has 0 bridgehead atoms. The summed E-state index contributed by atoms with van der Waals surface area (Å²) in [5.74, 6) is -0.379. The molecule has 1 fully saturated rings. The minimum absolute atomic E-state index is 0.0388. The normalized spacial score (nSPS) is 14.6. The number of hydrogen-bond donors (Lipinski definition) is 1. The first kappa shape index (κ1) is 18.9. The van der Waals surface area contributed by atoms with E-state index in [0.29, 0.717) is 21.8 Å². The van der Waals surface area contributed by atoms with Gasteiger partial charge in [0.15, 0.2) is 0 Å². The predicted molar refractivity (Wildman–Crippen MR) is 108 cm³/mol. The van der Waals surface area contributed by atoms with Crippen molar-refractivity contribution >= 4 is 45.0 Å². The Labute approximate surface area is 166 Å². The molecule has 1 heterocycles. The minimum Gasteiger partial charge on any atom is -0.339 e. The molecule has 0 aliphatic carbocycles. The molecule has 0 atom stereocenters. The SMILES string of the molecule is O=C(Nc1ccccc1C(=O)N1CCCCCC1)c1cc(Br)ccc1Cl. The van der Waals surface area contributed by atoms with Gasteiger partial charge < -0.3 is 10.2 Å². The zero-order valence-electron chi connectivity index (χ0n) is 14.3. The zero-order valence-corrected chi connectivity index (χ0v) is 16.6. The highest BCUT2D eigenvalue weighted by molar-refractivity contribution is 9.10. The van der Waals surface area contributed by atoms with Gasteiger partial charge in [0.1, 0.15) is 0 Å². The van der Waals surface area contributed by atoms with Crippen LogP contribution in [0.3, 0.4) is 0 Å². The molecule has 1 aliphatic heterocycles. The maximum absolute atomic E-state index is 13.0. The molecular formula is C20H20BrClN2O2. The van der Waals surface area contributed by atoms with E-state index in [1.165, 1.54) is 0 Å². The summed E-state index contributed by atoms with van der Waals surface area (Å²) < 4.78 is 0.765. The van der Waals surface area contributed by atoms with E-state index in [-0.39, 0.29) is 11.8 Å². The van der Waals surface area contributed by atoms with Gasteiger partial charge in [0.2, 0.25) is 0 Å². The molecular weight excluding hydrogens is 416 g/mol. The maximum Gasteiger partial charge on any atom is 0.257 e. The number of carbonyl (C=O) groups is 2. The first-order chi connectivity index (χ1) is 12.6. The number of nitrogens with one attached hydrogen (secondary N) is 1. The third kappa shape index (κ3) is 4.46. The minimum atomic E-state index is -0.340. The van der Waals surface area contributed by atoms with E-state index in [0.717, 1.165) is 43.2 Å². The van der Waals surface area contributed by atoms with E-state index < -0.39 is 0 Å². The molecule has 1 N–H and O–H groups in total. The molecule has 3 rings (SSSR count). The molecule has 0 radical (unpaired) electrons. The van der Waals surface area contributed by atoms with Gasteiger partial charge >= 0.3 is 0 Å². The predicted octanol–water partition coefficient (Wildman–Crippen LogP) is 5.37. The number of hydrogen-bond acceptors (Lipinski definition) is 2. The lowest BCUT2D eigenvalue weighted by atomic mass is 10.1. The number of carbonyl (C=O) groups excluding carboxylic acids is 2. The van der Waals surface area contributed by atoms with Crippen LogP contribution in [-0.2, 0) is 0 Å². The summed E-state index contributed by atoms with van der Waals surface area (Å²) in [7, 11) is 0. The number of halogens is 2. The summed E-state index contributed by atoms with van der Waals surface area (Å²) in [5.41, 5.74) is 1.37. The van der Waals surface area contributed by atoms with Crippen LogP contribution in [-0.4, -0.2) is 29.8 Å². The summed E-state index contributed by atoms with van der Waals surface area (Å²) in [6.07, 6.45) is 4.36. The number of benzene rings is 2. The molecule has 0 unspecified atom stereocenters. The van der Waals surface area contributed by atoms with Crippen molar-refractivity contribution in [3.8, 4) is 0 Å². The van der Waals surface area contributed by atoms with Gasteiger partial charge in [0, 0.05) is 17.6 Å². The lowest BCUT2D eigenvalue weighted by Crippen LogP contribution is -2.32. The van der Waals surface area contributed by atoms with E-state index in [9.17, 15) is 9.59 Å². The third-order valence-corrected chi connectivity index (χ3v) is 5.29. The van der Waals surface area contributed by atoms with Crippen LogP contribution in [0.25, 0.3) is 0 Å². The lowest BCUT2D eigenvalue weighted by molar-refractivity contribution is 0.0762. The van der Waals surface area contributed by atoms with E-state index in [1.54, 1.807) is 36.4 Å². The molecule has 4 nitrogen and oxygen atoms in total. The van der Waals surface area contributed by atoms with Crippen molar-refractivity contribution in [2.75, 3.05) is 18.4 Å². The largest absolute Gasteiger partial charge is 0.339 e. The Kier molecular flexibility index (Phi) is 6.33. The molecule has 2 aromatic rings. The van der Waals surface area contributed by atoms with E-state index in [1.807, 2.05) is 11.0 Å². The molecule has 1 aliphatic rings. The molecule has 0 spiro atoms. The standard InChI is InChI=1S/C20H20BrClN2O2/c21-14-9-10-17(22)16(13-14)19(25)23-18-8-4-3-7-15(18)20(26)24-11-5-1-2-6-12-24/h3-4,7-10,13H,1-2,5-6,11-12H2,(H,23,25). The molecule has 0 aromatic heterocycles. The average molecular weight is 436 g/mol. The number of para-hydroxylation sites is 1. The second-order valence-corrected chi connectivity index (χ2v) is 7.65. The zero-order chi connectivity index (χ0) is 18.5. The Balaban J connectivity index is 1.83. The molecule has 26 heavy (non-hydrogen) atoms. The van der Waals surface area contributed by atoms with Crippen LogP contribution in [0.5, 0.6) is 0 Å². The molecule has 2 amide bonds. The molecule has 136 valence electrons. The third-order valence-electron chi connectivity index (χ3n) is 4.47. The Hall–Kier alpha value is -1.85. The van der Waals surface area contributed by atoms with Crippen molar-refractivity contribution < 1.29 is 9.59 Å². The van der Waals surface area contributed by atoms with E-state index in [4.69, 9.17) is 11.6 Å². The highest BCUT2D eigenvalue weighted by Gasteiger charge is 2.21. The van der Waals surface area contributed by atoms with Crippen LogP contribution in [0.4, 0.5) is 5.69 Å². The van der Waals surface area contributed by atoms with E-state index in [2.05, 4.69) is 21.2 Å². The van der Waals surface area contributed by atoms with Crippen molar-refractivity contribution in [3.05, 3.63) is 63.1 Å². The van der Waals surface area contributed by atoms with Crippen LogP contribution in [0.1, 0.15) is 46.4 Å². The smallest absolute Gasteiger partial charge is 0.257 e. The van der Waals surface area contributed by atoms with Gasteiger partial charge in [-0.15, -0.1) is 0 Å². The maximum atomic E-state index is 13.0. The monoisotopic (exact) mass is 434 g/mol. The van der Waals surface area contributed by atoms with Gasteiger partial charge in [-0.2, -0.15) is 0 Å². The first-order valence-corrected chi connectivity index (χ1v) is 9.88. The van der Waals surface area contributed by atoms with Crippen molar-refractivity contribution in [1.29, 1.82) is 0 Å². The first-order valence-electron chi connectivity index (χ1n) is 8.71. The molecule has 1 saturated heterocycles. The summed E-state index contributed by atoms with van der Waals surface area (Å²) in [5, 5.41) is 3.20. The number of amides is 2. The van der Waals surface area contributed by atoms with Crippen molar-refractivity contribution in [1.82, 2.24) is 4.90 Å². The summed E-state index contributed by atoms with van der Waals surface area (Å²) in [4.78, 5) is 27.5. The Morgan fingerprint density at radius 2 is 1.65 bits per heavy atom. The van der Waals surface area contributed by atoms with Gasteiger partial charge in [-0.05, 0) is 43.2 Å². The van der Waals surface area contributed by atoms with Gasteiger partial charge in [-0.3, -0.25) is 9.59 Å². The number of likely N-dealkylation sites (tertiary alicyclic amines) is 1. The van der Waals surface area contributed by atoms with Crippen molar-refractivity contribution in [2.24, 2.45) is 0 Å². The number of nitrogens with zero attached hydrogens (tertiary/aromatic N) is 1. The molecule has 0 saturated carbocycles. The Morgan fingerprint density at radius 1 is 0.962 bits per heavy atom. The van der Waals surface area contributed by atoms with Crippen LogP contribution < -0.4 is 5.32 Å². The van der Waals surface area contributed by atoms with Gasteiger partial charge in [-0.1, -0.05) is 52.5 Å². The Morgan fingerprint density at radius 3 is 2.38 bits per heavy atom. The fraction of sp³-hybridized carbons (Fsp3) is 0.300. The van der Waals surface area contributed by atoms with Crippen molar-refractivity contribution in [2.45, 2.75) is 25.7 Å².